The Bertz CT molecular complexity index is 2330. The van der Waals surface area contributed by atoms with Crippen LogP contribution in [0, 0.1) is 0 Å². The second kappa shape index (κ2) is 9.79. The fourth-order valence-electron chi connectivity index (χ4n) is 6.46. The van der Waals surface area contributed by atoms with E-state index in [1.165, 1.54) is 43.1 Å². The molecule has 2 aromatic heterocycles. The summed E-state index contributed by atoms with van der Waals surface area (Å²) in [6.45, 7) is 0. The summed E-state index contributed by atoms with van der Waals surface area (Å²) >= 11 is 0. The molecule has 0 saturated heterocycles. The van der Waals surface area contributed by atoms with Gasteiger partial charge in [0.15, 0.2) is 0 Å². The fraction of sp³-hybridized carbons (Fsp3) is 0. The molecule has 0 bridgehead atoms. The average Bonchev–Trinajstić information content (AvgIpc) is 3.08. The van der Waals surface area contributed by atoms with Crippen molar-refractivity contribution in [3.8, 4) is 0 Å². The minimum atomic E-state index is 0.820. The lowest BCUT2D eigenvalue weighted by molar-refractivity contribution is 1.26. The lowest BCUT2D eigenvalue weighted by Gasteiger charge is -2.18. The first kappa shape index (κ1) is 24.6. The third-order valence-electron chi connectivity index (χ3n) is 8.61. The summed E-state index contributed by atoms with van der Waals surface area (Å²) in [7, 11) is 0. The molecule has 0 atom stereocenters. The summed E-state index contributed by atoms with van der Waals surface area (Å²) in [6.07, 6.45) is 7.34. The van der Waals surface area contributed by atoms with Crippen LogP contribution in [0.3, 0.4) is 0 Å². The van der Waals surface area contributed by atoms with Crippen LogP contribution in [-0.2, 0) is 0 Å². The van der Waals surface area contributed by atoms with Crippen LogP contribution in [0.1, 0.15) is 22.3 Å². The van der Waals surface area contributed by atoms with Crippen molar-refractivity contribution in [2.24, 2.45) is 9.98 Å². The van der Waals surface area contributed by atoms with E-state index in [0.29, 0.717) is 0 Å². The van der Waals surface area contributed by atoms with Crippen molar-refractivity contribution >= 4 is 65.9 Å². The first-order chi connectivity index (χ1) is 21.8. The molecule has 0 saturated carbocycles. The fourth-order valence-corrected chi connectivity index (χ4v) is 6.46. The van der Waals surface area contributed by atoms with E-state index in [-0.39, 0.29) is 0 Å². The van der Waals surface area contributed by atoms with Crippen LogP contribution in [0.15, 0.2) is 156 Å². The zero-order valence-electron chi connectivity index (χ0n) is 23.6. The maximum absolute atomic E-state index is 5.31. The molecule has 4 nitrogen and oxygen atoms in total. The molecule has 8 aromatic rings. The molecule has 4 heteroatoms. The lowest BCUT2D eigenvalue weighted by atomic mass is 9.94. The van der Waals surface area contributed by atoms with Crippen molar-refractivity contribution in [1.29, 1.82) is 0 Å². The number of aliphatic imine (C=N–C) groups is 2. The molecular weight excluding hydrogens is 536 g/mol. The molecule has 0 aliphatic carbocycles. The zero-order chi connectivity index (χ0) is 29.0. The molecule has 9 rings (SSSR count). The standard InChI is InChI=1S/C40H24N4/c1-3-7-31-25(5-1)9-11-27-21-29(13-15-33(27)31)39-35-23-41-19-17-37(35)44-40(36-24-42-20-18-38(36)43-39)30-14-16-34-28(22-30)12-10-26-6-2-4-8-32(26)34/h1-24H/b39-35?,40-36?,43-38?,43-39-,44-37?,44-40-. The average molecular weight is 561 g/mol. The summed E-state index contributed by atoms with van der Waals surface area (Å²) < 4.78 is 0. The topological polar surface area (TPSA) is 50.5 Å². The number of hydrogen-bond donors (Lipinski definition) is 0. The Labute approximate surface area is 253 Å². The number of nitrogens with zero attached hydrogens (tertiary/aromatic N) is 4. The molecule has 0 radical (unpaired) electrons. The number of hydrogen-bond acceptors (Lipinski definition) is 4. The van der Waals surface area contributed by atoms with E-state index in [4.69, 9.17) is 9.98 Å². The van der Waals surface area contributed by atoms with Gasteiger partial charge in [-0.15, -0.1) is 0 Å². The Balaban J connectivity index is 1.24. The predicted molar refractivity (Wildman–Crippen MR) is 182 cm³/mol. The van der Waals surface area contributed by atoms with Gasteiger partial charge in [-0.05, 0) is 67.4 Å². The van der Waals surface area contributed by atoms with Crippen LogP contribution >= 0.6 is 0 Å². The summed E-state index contributed by atoms with van der Waals surface area (Å²) in [5, 5.41) is 9.72. The van der Waals surface area contributed by atoms with Crippen molar-refractivity contribution in [3.05, 3.63) is 168 Å². The minimum Gasteiger partial charge on any atom is -0.264 e. The van der Waals surface area contributed by atoms with Gasteiger partial charge in [0.2, 0.25) is 0 Å². The smallest absolute Gasteiger partial charge is 0.0819 e. The van der Waals surface area contributed by atoms with Gasteiger partial charge in [0.25, 0.3) is 0 Å². The Morgan fingerprint density at radius 1 is 0.364 bits per heavy atom. The molecule has 0 amide bonds. The molecule has 1 aliphatic heterocycles. The minimum absolute atomic E-state index is 0.820. The van der Waals surface area contributed by atoms with Gasteiger partial charge in [0.05, 0.1) is 22.8 Å². The van der Waals surface area contributed by atoms with Gasteiger partial charge in [0, 0.05) is 47.0 Å². The van der Waals surface area contributed by atoms with E-state index in [2.05, 4.69) is 119 Å². The van der Waals surface area contributed by atoms with E-state index >= 15 is 0 Å². The van der Waals surface area contributed by atoms with Gasteiger partial charge in [0.1, 0.15) is 0 Å². The first-order valence-corrected chi connectivity index (χ1v) is 14.7. The monoisotopic (exact) mass is 560 g/mol. The third-order valence-corrected chi connectivity index (χ3v) is 8.61. The summed E-state index contributed by atoms with van der Waals surface area (Å²) in [5.41, 5.74) is 7.12. The van der Waals surface area contributed by atoms with E-state index in [9.17, 15) is 0 Å². The van der Waals surface area contributed by atoms with Gasteiger partial charge < -0.3 is 0 Å². The highest BCUT2D eigenvalue weighted by Gasteiger charge is 2.21. The van der Waals surface area contributed by atoms with Crippen LogP contribution in [0.4, 0.5) is 11.4 Å². The normalized spacial score (nSPS) is 15.2. The molecular formula is C40H24N4. The van der Waals surface area contributed by atoms with Crippen molar-refractivity contribution in [3.63, 3.8) is 0 Å². The second-order valence-corrected chi connectivity index (χ2v) is 11.2. The predicted octanol–water partition coefficient (Wildman–Crippen LogP) is 9.74. The Morgan fingerprint density at radius 2 is 0.795 bits per heavy atom. The van der Waals surface area contributed by atoms with Gasteiger partial charge >= 0.3 is 0 Å². The quantitative estimate of drug-likeness (QED) is 0.198. The lowest BCUT2D eigenvalue weighted by Crippen LogP contribution is -2.11. The van der Waals surface area contributed by atoms with Crippen LogP contribution in [0.25, 0.3) is 43.1 Å². The molecule has 1 aliphatic rings. The van der Waals surface area contributed by atoms with E-state index in [1.807, 2.05) is 24.5 Å². The highest BCUT2D eigenvalue weighted by molar-refractivity contribution is 6.24. The summed E-state index contributed by atoms with van der Waals surface area (Å²) in [6, 6.07) is 42.8. The number of pyridine rings is 2. The van der Waals surface area contributed by atoms with Crippen molar-refractivity contribution < 1.29 is 0 Å². The van der Waals surface area contributed by atoms with Crippen molar-refractivity contribution in [2.75, 3.05) is 0 Å². The molecule has 204 valence electrons. The van der Waals surface area contributed by atoms with Crippen LogP contribution in [-0.4, -0.2) is 21.4 Å². The number of benzene rings is 6. The van der Waals surface area contributed by atoms with Gasteiger partial charge in [-0.1, -0.05) is 97.1 Å². The maximum atomic E-state index is 5.31. The highest BCUT2D eigenvalue weighted by atomic mass is 14.9. The van der Waals surface area contributed by atoms with Crippen molar-refractivity contribution in [2.45, 2.75) is 0 Å². The Hall–Kier alpha value is -6.00. The number of aromatic nitrogens is 2. The largest absolute Gasteiger partial charge is 0.264 e. The number of rotatable bonds is 2. The SMILES string of the molecule is c1ccc2c(c1)ccc1cc(/C3=N/c4ccncc4/C(c4ccc5c(ccc6ccccc65)c4)=N\c4ccncc43)ccc12. The summed E-state index contributed by atoms with van der Waals surface area (Å²) in [5.74, 6) is 0. The maximum Gasteiger partial charge on any atom is 0.0819 e. The first-order valence-electron chi connectivity index (χ1n) is 14.7. The zero-order valence-corrected chi connectivity index (χ0v) is 23.6. The molecule has 0 spiro atoms. The molecule has 3 heterocycles. The number of fused-ring (bicyclic) bond motifs is 8. The van der Waals surface area contributed by atoms with E-state index < -0.39 is 0 Å². The molecule has 0 unspecified atom stereocenters. The van der Waals surface area contributed by atoms with Crippen LogP contribution < -0.4 is 0 Å². The van der Waals surface area contributed by atoms with E-state index in [0.717, 1.165) is 45.1 Å². The van der Waals surface area contributed by atoms with E-state index in [1.54, 1.807) is 12.4 Å². The molecule has 6 aromatic carbocycles. The van der Waals surface area contributed by atoms with Gasteiger partial charge in [-0.2, -0.15) is 0 Å². The highest BCUT2D eigenvalue weighted by Crippen LogP contribution is 2.35. The second-order valence-electron chi connectivity index (χ2n) is 11.2. The Morgan fingerprint density at radius 3 is 1.30 bits per heavy atom. The summed E-state index contributed by atoms with van der Waals surface area (Å²) in [4.78, 5) is 19.7. The van der Waals surface area contributed by atoms with Crippen LogP contribution in [0.2, 0.25) is 0 Å². The molecule has 44 heavy (non-hydrogen) atoms. The molecule has 0 N–H and O–H groups in total. The van der Waals surface area contributed by atoms with Crippen molar-refractivity contribution in [1.82, 2.24) is 9.97 Å². The van der Waals surface area contributed by atoms with Crippen LogP contribution in [0.5, 0.6) is 0 Å². The van der Waals surface area contributed by atoms with Gasteiger partial charge in [-0.25, -0.2) is 9.98 Å². The third kappa shape index (κ3) is 3.92. The van der Waals surface area contributed by atoms with Gasteiger partial charge in [-0.3, -0.25) is 9.97 Å². The molecule has 0 fully saturated rings. The Kier molecular flexibility index (Phi) is 5.47.